The van der Waals surface area contributed by atoms with E-state index in [1.54, 1.807) is 22.9 Å². The molecule has 164 valence electrons. The number of thiophene rings is 1. The van der Waals surface area contributed by atoms with Gasteiger partial charge in [0.1, 0.15) is 5.82 Å². The van der Waals surface area contributed by atoms with E-state index >= 15 is 0 Å². The summed E-state index contributed by atoms with van der Waals surface area (Å²) in [4.78, 5) is 28.6. The molecule has 1 aliphatic rings. The van der Waals surface area contributed by atoms with Gasteiger partial charge in [-0.3, -0.25) is 14.9 Å². The molecule has 1 aliphatic heterocycles. The minimum absolute atomic E-state index is 0.0152. The number of nitro benzene ring substituents is 1. The van der Waals surface area contributed by atoms with Crippen LogP contribution in [0.15, 0.2) is 42.5 Å². The molecular weight excluding hydrogens is 466 g/mol. The SMILES string of the molecule is Cc1cc(NC(=O)c2cc3cc([N+](=O)[O-])ccc3s2)n(-c2nc3cc4c(cc3s2)OCO4)n1. The van der Waals surface area contributed by atoms with Gasteiger partial charge >= 0.3 is 0 Å². The average Bonchev–Trinajstić information content (AvgIpc) is 3.55. The van der Waals surface area contributed by atoms with Gasteiger partial charge in [-0.15, -0.1) is 11.3 Å². The number of hydrogen-bond donors (Lipinski definition) is 1. The molecule has 0 atom stereocenters. The first kappa shape index (κ1) is 19.6. The number of carbonyl (C=O) groups excluding carboxylic acids is 1. The van der Waals surface area contributed by atoms with E-state index < -0.39 is 4.92 Å². The smallest absolute Gasteiger partial charge is 0.270 e. The fourth-order valence-electron chi connectivity index (χ4n) is 3.56. The van der Waals surface area contributed by atoms with Gasteiger partial charge in [0.05, 0.1) is 25.7 Å². The van der Waals surface area contributed by atoms with Gasteiger partial charge in [0.25, 0.3) is 11.6 Å². The molecule has 6 rings (SSSR count). The number of anilines is 1. The van der Waals surface area contributed by atoms with E-state index in [1.807, 2.05) is 19.1 Å². The molecule has 0 radical (unpaired) electrons. The van der Waals surface area contributed by atoms with Gasteiger partial charge in [-0.25, -0.2) is 4.98 Å². The number of aromatic nitrogens is 3. The van der Waals surface area contributed by atoms with Gasteiger partial charge in [0, 0.05) is 40.4 Å². The van der Waals surface area contributed by atoms with Gasteiger partial charge in [0.15, 0.2) is 11.5 Å². The van der Waals surface area contributed by atoms with Gasteiger partial charge in [-0.05, 0) is 19.1 Å². The van der Waals surface area contributed by atoms with Crippen LogP contribution in [0.1, 0.15) is 15.4 Å². The third-order valence-electron chi connectivity index (χ3n) is 5.06. The van der Waals surface area contributed by atoms with Gasteiger partial charge in [-0.1, -0.05) is 11.3 Å². The Kier molecular flexibility index (Phi) is 4.32. The third kappa shape index (κ3) is 3.36. The number of thiazole rings is 1. The van der Waals surface area contributed by atoms with Crippen LogP contribution in [0.5, 0.6) is 11.5 Å². The molecule has 0 spiro atoms. The summed E-state index contributed by atoms with van der Waals surface area (Å²) in [5, 5.41) is 19.6. The maximum atomic E-state index is 13.0. The number of ether oxygens (including phenoxy) is 2. The second-order valence-corrected chi connectivity index (χ2v) is 9.39. The van der Waals surface area contributed by atoms with Crippen molar-refractivity contribution in [1.82, 2.24) is 14.8 Å². The molecule has 1 N–H and O–H groups in total. The lowest BCUT2D eigenvalue weighted by Crippen LogP contribution is -2.13. The third-order valence-corrected chi connectivity index (χ3v) is 7.17. The van der Waals surface area contributed by atoms with Crippen molar-refractivity contribution in [1.29, 1.82) is 0 Å². The van der Waals surface area contributed by atoms with E-state index in [1.165, 1.54) is 34.8 Å². The van der Waals surface area contributed by atoms with Crippen molar-refractivity contribution >= 4 is 60.4 Å². The monoisotopic (exact) mass is 479 g/mol. The fraction of sp³-hybridized carbons (Fsp3) is 0.0952. The first-order chi connectivity index (χ1) is 15.9. The molecule has 1 amide bonds. The Morgan fingerprint density at radius 3 is 2.76 bits per heavy atom. The van der Waals surface area contributed by atoms with Crippen molar-refractivity contribution in [3.8, 4) is 16.6 Å². The number of aryl methyl sites for hydroxylation is 1. The fourth-order valence-corrected chi connectivity index (χ4v) is 5.44. The van der Waals surface area contributed by atoms with Crippen LogP contribution in [-0.4, -0.2) is 32.4 Å². The molecule has 10 nitrogen and oxygen atoms in total. The molecule has 33 heavy (non-hydrogen) atoms. The first-order valence-corrected chi connectivity index (χ1v) is 11.3. The molecule has 2 aromatic carbocycles. The maximum Gasteiger partial charge on any atom is 0.270 e. The summed E-state index contributed by atoms with van der Waals surface area (Å²) in [7, 11) is 0. The molecular formula is C21H13N5O5S2. The lowest BCUT2D eigenvalue weighted by Gasteiger charge is -2.05. The van der Waals surface area contributed by atoms with Crippen molar-refractivity contribution in [3.63, 3.8) is 0 Å². The summed E-state index contributed by atoms with van der Waals surface area (Å²) >= 11 is 2.68. The Balaban J connectivity index is 1.33. The predicted octanol–water partition coefficient (Wildman–Crippen LogP) is 4.89. The van der Waals surface area contributed by atoms with Crippen LogP contribution in [0.3, 0.4) is 0 Å². The summed E-state index contributed by atoms with van der Waals surface area (Å²) in [6.07, 6.45) is 0. The number of fused-ring (bicyclic) bond motifs is 3. The van der Waals surface area contributed by atoms with Crippen molar-refractivity contribution < 1.29 is 19.2 Å². The second-order valence-electron chi connectivity index (χ2n) is 7.30. The van der Waals surface area contributed by atoms with Gasteiger partial charge in [0.2, 0.25) is 11.9 Å². The van der Waals surface area contributed by atoms with Crippen LogP contribution in [-0.2, 0) is 0 Å². The van der Waals surface area contributed by atoms with E-state index in [2.05, 4.69) is 15.4 Å². The molecule has 0 aliphatic carbocycles. The zero-order valence-corrected chi connectivity index (χ0v) is 18.5. The highest BCUT2D eigenvalue weighted by molar-refractivity contribution is 7.21. The van der Waals surface area contributed by atoms with E-state index in [9.17, 15) is 14.9 Å². The number of rotatable bonds is 4. The van der Waals surface area contributed by atoms with Crippen molar-refractivity contribution in [3.05, 3.63) is 63.1 Å². The number of nitrogens with zero attached hydrogens (tertiary/aromatic N) is 4. The predicted molar refractivity (Wildman–Crippen MR) is 124 cm³/mol. The number of non-ortho nitro benzene ring substituents is 1. The van der Waals surface area contributed by atoms with E-state index in [4.69, 9.17) is 9.47 Å². The highest BCUT2D eigenvalue weighted by Gasteiger charge is 2.20. The van der Waals surface area contributed by atoms with Gasteiger partial charge in [-0.2, -0.15) is 9.78 Å². The quantitative estimate of drug-likeness (QED) is 0.288. The lowest BCUT2D eigenvalue weighted by atomic mass is 10.2. The van der Waals surface area contributed by atoms with Crippen LogP contribution in [0.4, 0.5) is 11.5 Å². The average molecular weight is 479 g/mol. The molecule has 12 heteroatoms. The topological polar surface area (TPSA) is 121 Å². The van der Waals surface area contributed by atoms with E-state index in [0.29, 0.717) is 38.4 Å². The minimum Gasteiger partial charge on any atom is -0.454 e. The Bertz CT molecular complexity index is 1560. The molecule has 3 aromatic heterocycles. The van der Waals surface area contributed by atoms with Crippen LogP contribution in [0, 0.1) is 17.0 Å². The summed E-state index contributed by atoms with van der Waals surface area (Å²) in [5.41, 5.74) is 1.44. The van der Waals surface area contributed by atoms with Gasteiger partial charge < -0.3 is 14.8 Å². The molecule has 0 bridgehead atoms. The number of amides is 1. The Labute approximate surface area is 193 Å². The molecule has 5 aromatic rings. The zero-order valence-electron chi connectivity index (χ0n) is 16.9. The number of nitro groups is 1. The van der Waals surface area contributed by atoms with Crippen molar-refractivity contribution in [2.45, 2.75) is 6.92 Å². The number of benzene rings is 2. The molecule has 0 fully saturated rings. The van der Waals surface area contributed by atoms with Crippen molar-refractivity contribution in [2.24, 2.45) is 0 Å². The summed E-state index contributed by atoms with van der Waals surface area (Å²) in [5.74, 6) is 1.46. The van der Waals surface area contributed by atoms with E-state index in [-0.39, 0.29) is 18.4 Å². The zero-order chi connectivity index (χ0) is 22.7. The normalized spacial score (nSPS) is 12.5. The lowest BCUT2D eigenvalue weighted by molar-refractivity contribution is -0.384. The van der Waals surface area contributed by atoms with Crippen LogP contribution in [0.25, 0.3) is 25.4 Å². The molecule has 0 saturated heterocycles. The Morgan fingerprint density at radius 2 is 1.94 bits per heavy atom. The summed E-state index contributed by atoms with van der Waals surface area (Å²) < 4.78 is 14.1. The number of carbonyl (C=O) groups is 1. The van der Waals surface area contributed by atoms with Crippen molar-refractivity contribution in [2.75, 3.05) is 12.1 Å². The Morgan fingerprint density at radius 1 is 1.12 bits per heavy atom. The number of nitrogens with one attached hydrogen (secondary N) is 1. The summed E-state index contributed by atoms with van der Waals surface area (Å²) in [6.45, 7) is 2.02. The highest BCUT2D eigenvalue weighted by atomic mass is 32.1. The van der Waals surface area contributed by atoms with Crippen LogP contribution in [0.2, 0.25) is 0 Å². The van der Waals surface area contributed by atoms with Crippen LogP contribution < -0.4 is 14.8 Å². The molecule has 0 unspecified atom stereocenters. The minimum atomic E-state index is -0.455. The Hall–Kier alpha value is -4.03. The molecule has 4 heterocycles. The maximum absolute atomic E-state index is 13.0. The summed E-state index contributed by atoms with van der Waals surface area (Å²) in [6, 6.07) is 11.6. The van der Waals surface area contributed by atoms with E-state index in [0.717, 1.165) is 14.9 Å². The van der Waals surface area contributed by atoms with Crippen LogP contribution >= 0.6 is 22.7 Å². The standard InChI is InChI=1S/C21H13N5O5S2/c1-10-4-19(23-20(27)18-6-11-5-12(26(28)29)2-3-16(11)32-18)25(24-10)21-22-13-7-14-15(31-9-30-14)8-17(13)33-21/h2-8H,9H2,1H3,(H,23,27). The second kappa shape index (κ2) is 7.25. The largest absolute Gasteiger partial charge is 0.454 e. The number of hydrogen-bond acceptors (Lipinski definition) is 9. The highest BCUT2D eigenvalue weighted by Crippen LogP contribution is 2.39. The molecule has 0 saturated carbocycles. The first-order valence-electron chi connectivity index (χ1n) is 9.71.